The molecule has 21 heavy (non-hydrogen) atoms. The summed E-state index contributed by atoms with van der Waals surface area (Å²) in [5.41, 5.74) is 8.79. The molecular weight excluding hydrogens is 264 g/mol. The summed E-state index contributed by atoms with van der Waals surface area (Å²) in [4.78, 5) is 15.9. The van der Waals surface area contributed by atoms with Crippen LogP contribution in [0.1, 0.15) is 32.0 Å². The maximum absolute atomic E-state index is 11.2. The molecule has 3 rings (SSSR count). The lowest BCUT2D eigenvalue weighted by Crippen LogP contribution is -2.33. The van der Waals surface area contributed by atoms with Crippen molar-refractivity contribution in [3.05, 3.63) is 36.3 Å². The Bertz CT molecular complexity index is 677. The van der Waals surface area contributed by atoms with E-state index in [2.05, 4.69) is 23.0 Å². The Hall–Kier alpha value is -2.14. The van der Waals surface area contributed by atoms with Crippen molar-refractivity contribution in [3.8, 4) is 11.3 Å². The third kappa shape index (κ3) is 2.83. The molecule has 2 heterocycles. The number of rotatable bonds is 2. The predicted octanol–water partition coefficient (Wildman–Crippen LogP) is 2.34. The zero-order valence-electron chi connectivity index (χ0n) is 12.3. The van der Waals surface area contributed by atoms with Crippen molar-refractivity contribution >= 4 is 11.6 Å². The van der Waals surface area contributed by atoms with Crippen LogP contribution in [0.2, 0.25) is 0 Å². The fourth-order valence-electron chi connectivity index (χ4n) is 2.96. The van der Waals surface area contributed by atoms with Gasteiger partial charge in [-0.05, 0) is 18.6 Å². The number of benzene rings is 1. The van der Waals surface area contributed by atoms with Crippen molar-refractivity contribution in [2.45, 2.75) is 38.8 Å². The van der Waals surface area contributed by atoms with E-state index in [1.54, 1.807) is 0 Å². The minimum absolute atomic E-state index is 0.0733. The van der Waals surface area contributed by atoms with Crippen molar-refractivity contribution in [1.82, 2.24) is 9.55 Å². The van der Waals surface area contributed by atoms with Crippen molar-refractivity contribution in [3.63, 3.8) is 0 Å². The first kappa shape index (κ1) is 13.8. The molecule has 3 N–H and O–H groups in total. The molecule has 110 valence electrons. The Morgan fingerprint density at radius 2 is 2.29 bits per heavy atom. The maximum atomic E-state index is 11.2. The molecule has 1 aromatic heterocycles. The molecule has 0 saturated heterocycles. The van der Waals surface area contributed by atoms with Gasteiger partial charge in [0.15, 0.2) is 0 Å². The van der Waals surface area contributed by atoms with Crippen molar-refractivity contribution in [2.24, 2.45) is 5.73 Å². The molecule has 2 unspecified atom stereocenters. The lowest BCUT2D eigenvalue weighted by molar-refractivity contribution is -0.114. The van der Waals surface area contributed by atoms with E-state index in [4.69, 9.17) is 10.7 Å². The van der Waals surface area contributed by atoms with Crippen LogP contribution < -0.4 is 11.1 Å². The highest BCUT2D eigenvalue weighted by atomic mass is 16.1. The molecule has 0 saturated carbocycles. The summed E-state index contributed by atoms with van der Waals surface area (Å²) in [6.07, 6.45) is 3.03. The number of hydrogen-bond donors (Lipinski definition) is 2. The van der Waals surface area contributed by atoms with Gasteiger partial charge in [0.05, 0.1) is 5.69 Å². The first-order valence-electron chi connectivity index (χ1n) is 7.23. The van der Waals surface area contributed by atoms with Crippen LogP contribution in [0, 0.1) is 0 Å². The molecule has 1 aliphatic rings. The number of nitrogens with one attached hydrogen (secondary N) is 1. The molecule has 1 aliphatic heterocycles. The number of hydrogen-bond acceptors (Lipinski definition) is 3. The van der Waals surface area contributed by atoms with Gasteiger partial charge in [-0.1, -0.05) is 19.1 Å². The number of carbonyl (C=O) groups is 1. The summed E-state index contributed by atoms with van der Waals surface area (Å²) in [6, 6.07) is 7.94. The fraction of sp³-hybridized carbons (Fsp3) is 0.375. The van der Waals surface area contributed by atoms with E-state index < -0.39 is 0 Å². The van der Waals surface area contributed by atoms with Gasteiger partial charge in [0, 0.05) is 42.9 Å². The SMILES string of the molecule is CC(=O)Nc1cccc(-c2cn3c(n2)C(C)CC(N)C3)c1. The van der Waals surface area contributed by atoms with Gasteiger partial charge < -0.3 is 15.6 Å². The van der Waals surface area contributed by atoms with Crippen molar-refractivity contribution in [2.75, 3.05) is 5.32 Å². The Labute approximate surface area is 124 Å². The van der Waals surface area contributed by atoms with E-state index in [1.807, 2.05) is 24.3 Å². The second-order valence-electron chi connectivity index (χ2n) is 5.80. The number of imidazole rings is 1. The summed E-state index contributed by atoms with van der Waals surface area (Å²) >= 11 is 0. The van der Waals surface area contributed by atoms with Crippen LogP contribution in [0.3, 0.4) is 0 Å². The summed E-state index contributed by atoms with van der Waals surface area (Å²) in [7, 11) is 0. The van der Waals surface area contributed by atoms with Gasteiger partial charge in [-0.2, -0.15) is 0 Å². The summed E-state index contributed by atoms with van der Waals surface area (Å²) in [6.45, 7) is 4.48. The van der Waals surface area contributed by atoms with Crippen molar-refractivity contribution in [1.29, 1.82) is 0 Å². The number of fused-ring (bicyclic) bond motifs is 1. The highest BCUT2D eigenvalue weighted by Crippen LogP contribution is 2.29. The predicted molar refractivity (Wildman–Crippen MR) is 83.0 cm³/mol. The monoisotopic (exact) mass is 284 g/mol. The topological polar surface area (TPSA) is 72.9 Å². The van der Waals surface area contributed by atoms with Crippen LogP contribution in [0.5, 0.6) is 0 Å². The smallest absolute Gasteiger partial charge is 0.221 e. The van der Waals surface area contributed by atoms with Gasteiger partial charge in [0.25, 0.3) is 0 Å². The van der Waals surface area contributed by atoms with Crippen molar-refractivity contribution < 1.29 is 4.79 Å². The third-order valence-electron chi connectivity index (χ3n) is 3.81. The molecule has 0 bridgehead atoms. The van der Waals surface area contributed by atoms with Crippen LogP contribution in [0.4, 0.5) is 5.69 Å². The average Bonchev–Trinajstić information content (AvgIpc) is 2.82. The molecule has 2 atom stereocenters. The molecule has 5 heteroatoms. The van der Waals surface area contributed by atoms with Crippen LogP contribution in [0.25, 0.3) is 11.3 Å². The van der Waals surface area contributed by atoms with E-state index in [1.165, 1.54) is 6.92 Å². The molecule has 1 amide bonds. The second kappa shape index (κ2) is 5.33. The Morgan fingerprint density at radius 1 is 1.48 bits per heavy atom. The first-order chi connectivity index (χ1) is 10.0. The third-order valence-corrected chi connectivity index (χ3v) is 3.81. The Kier molecular flexibility index (Phi) is 3.51. The van der Waals surface area contributed by atoms with E-state index in [0.717, 1.165) is 35.7 Å². The van der Waals surface area contributed by atoms with Gasteiger partial charge in [0.2, 0.25) is 5.91 Å². The lowest BCUT2D eigenvalue weighted by atomic mass is 9.98. The van der Waals surface area contributed by atoms with Crippen LogP contribution in [-0.4, -0.2) is 21.5 Å². The summed E-state index contributed by atoms with van der Waals surface area (Å²) < 4.78 is 2.15. The number of anilines is 1. The molecule has 0 fully saturated rings. The molecular formula is C16H20N4O. The number of aromatic nitrogens is 2. The van der Waals surface area contributed by atoms with E-state index >= 15 is 0 Å². The summed E-state index contributed by atoms with van der Waals surface area (Å²) in [5.74, 6) is 1.40. The number of amides is 1. The normalized spacial score (nSPS) is 20.9. The quantitative estimate of drug-likeness (QED) is 0.889. The largest absolute Gasteiger partial charge is 0.332 e. The average molecular weight is 284 g/mol. The van der Waals surface area contributed by atoms with Crippen LogP contribution >= 0.6 is 0 Å². The minimum Gasteiger partial charge on any atom is -0.332 e. The Morgan fingerprint density at radius 3 is 3.05 bits per heavy atom. The first-order valence-corrected chi connectivity index (χ1v) is 7.23. The van der Waals surface area contributed by atoms with Gasteiger partial charge >= 0.3 is 0 Å². The Balaban J connectivity index is 1.94. The lowest BCUT2D eigenvalue weighted by Gasteiger charge is -2.25. The van der Waals surface area contributed by atoms with E-state index in [-0.39, 0.29) is 11.9 Å². The minimum atomic E-state index is -0.0733. The van der Waals surface area contributed by atoms with Gasteiger partial charge in [0.1, 0.15) is 5.82 Å². The standard InChI is InChI=1S/C16H20N4O/c1-10-6-13(17)8-20-9-15(19-16(10)20)12-4-3-5-14(7-12)18-11(2)21/h3-5,7,9-10,13H,6,8,17H2,1-2H3,(H,18,21). The zero-order chi connectivity index (χ0) is 15.0. The molecule has 0 aliphatic carbocycles. The van der Waals surface area contributed by atoms with E-state index in [9.17, 15) is 4.79 Å². The number of carbonyl (C=O) groups excluding carboxylic acids is 1. The molecule has 2 aromatic rings. The van der Waals surface area contributed by atoms with E-state index in [0.29, 0.717) is 5.92 Å². The van der Waals surface area contributed by atoms with Gasteiger partial charge in [-0.3, -0.25) is 4.79 Å². The maximum Gasteiger partial charge on any atom is 0.221 e. The van der Waals surface area contributed by atoms with Crippen LogP contribution in [0.15, 0.2) is 30.5 Å². The highest BCUT2D eigenvalue weighted by molar-refractivity contribution is 5.89. The second-order valence-corrected chi connectivity index (χ2v) is 5.80. The highest BCUT2D eigenvalue weighted by Gasteiger charge is 2.24. The van der Waals surface area contributed by atoms with Gasteiger partial charge in [-0.15, -0.1) is 0 Å². The zero-order valence-corrected chi connectivity index (χ0v) is 12.3. The summed E-state index contributed by atoms with van der Waals surface area (Å²) in [5, 5.41) is 2.80. The van der Waals surface area contributed by atoms with Crippen LogP contribution in [-0.2, 0) is 11.3 Å². The van der Waals surface area contributed by atoms with Gasteiger partial charge in [-0.25, -0.2) is 4.98 Å². The fourth-order valence-corrected chi connectivity index (χ4v) is 2.96. The molecule has 0 spiro atoms. The molecule has 1 aromatic carbocycles. The number of nitrogens with two attached hydrogens (primary N) is 1. The number of nitrogens with zero attached hydrogens (tertiary/aromatic N) is 2. The molecule has 0 radical (unpaired) electrons. The molecule has 5 nitrogen and oxygen atoms in total.